The minimum atomic E-state index is 0.536. The van der Waals surface area contributed by atoms with Crippen molar-refractivity contribution in [1.82, 2.24) is 24.5 Å². The Morgan fingerprint density at radius 2 is 1.90 bits per heavy atom. The van der Waals surface area contributed by atoms with Gasteiger partial charge in [0.2, 0.25) is 5.95 Å². The van der Waals surface area contributed by atoms with Crippen LogP contribution in [0.1, 0.15) is 0 Å². The third-order valence-corrected chi connectivity index (χ3v) is 3.15. The third-order valence-electron chi connectivity index (χ3n) is 3.15. The number of nitrogens with one attached hydrogen (secondary N) is 1. The zero-order valence-electron chi connectivity index (χ0n) is 11.3. The Labute approximate surface area is 116 Å². The summed E-state index contributed by atoms with van der Waals surface area (Å²) >= 11 is 0. The molecule has 2 aromatic heterocycles. The van der Waals surface area contributed by atoms with Crippen LogP contribution >= 0.6 is 0 Å². The van der Waals surface area contributed by atoms with Gasteiger partial charge in [0.1, 0.15) is 5.82 Å². The smallest absolute Gasteiger partial charge is 0.224 e. The molecule has 7 nitrogen and oxygen atoms in total. The maximum absolute atomic E-state index is 6.19. The van der Waals surface area contributed by atoms with Gasteiger partial charge in [0, 0.05) is 14.1 Å². The Hall–Kier alpha value is -2.83. The number of nitrogens with two attached hydrogens (primary N) is 1. The fourth-order valence-electron chi connectivity index (χ4n) is 2.09. The number of benzene rings is 1. The van der Waals surface area contributed by atoms with Gasteiger partial charge >= 0.3 is 0 Å². The van der Waals surface area contributed by atoms with Crippen molar-refractivity contribution in [3.05, 3.63) is 36.5 Å². The Kier molecular flexibility index (Phi) is 2.86. The van der Waals surface area contributed by atoms with Crippen LogP contribution in [-0.2, 0) is 7.05 Å². The van der Waals surface area contributed by atoms with Gasteiger partial charge in [0.25, 0.3) is 0 Å². The molecule has 20 heavy (non-hydrogen) atoms. The van der Waals surface area contributed by atoms with Gasteiger partial charge in [-0.2, -0.15) is 5.10 Å². The third kappa shape index (κ3) is 1.80. The lowest BCUT2D eigenvalue weighted by Crippen LogP contribution is -2.03. The van der Waals surface area contributed by atoms with Crippen LogP contribution in [0.4, 0.5) is 11.8 Å². The van der Waals surface area contributed by atoms with E-state index in [1.165, 1.54) is 0 Å². The van der Waals surface area contributed by atoms with Gasteiger partial charge in [0.15, 0.2) is 5.82 Å². The second-order valence-electron chi connectivity index (χ2n) is 4.35. The van der Waals surface area contributed by atoms with Crippen molar-refractivity contribution in [2.24, 2.45) is 7.05 Å². The summed E-state index contributed by atoms with van der Waals surface area (Å²) in [4.78, 5) is 0. The van der Waals surface area contributed by atoms with Gasteiger partial charge in [-0.1, -0.05) is 18.2 Å². The van der Waals surface area contributed by atoms with Gasteiger partial charge in [-0.3, -0.25) is 4.57 Å². The van der Waals surface area contributed by atoms with Crippen LogP contribution in [-0.4, -0.2) is 31.6 Å². The molecule has 0 aliphatic carbocycles. The van der Waals surface area contributed by atoms with Crippen molar-refractivity contribution >= 4 is 11.8 Å². The summed E-state index contributed by atoms with van der Waals surface area (Å²) in [6, 6.07) is 9.73. The van der Waals surface area contributed by atoms with Crippen LogP contribution in [0.3, 0.4) is 0 Å². The number of hydrogen-bond acceptors (Lipinski definition) is 5. The van der Waals surface area contributed by atoms with Crippen molar-refractivity contribution in [2.45, 2.75) is 0 Å². The van der Waals surface area contributed by atoms with E-state index < -0.39 is 0 Å². The van der Waals surface area contributed by atoms with Gasteiger partial charge in [-0.15, -0.1) is 10.2 Å². The molecule has 0 saturated carbocycles. The van der Waals surface area contributed by atoms with E-state index in [4.69, 9.17) is 5.73 Å². The summed E-state index contributed by atoms with van der Waals surface area (Å²) in [5.74, 6) is 1.88. The number of nitrogen functional groups attached to an aromatic ring is 1. The molecule has 2 heterocycles. The molecular formula is C13H15N7. The van der Waals surface area contributed by atoms with Crippen molar-refractivity contribution in [3.8, 4) is 17.1 Å². The summed E-state index contributed by atoms with van der Waals surface area (Å²) in [5, 5.41) is 15.5. The highest BCUT2D eigenvalue weighted by Gasteiger charge is 2.17. The van der Waals surface area contributed by atoms with E-state index in [1.54, 1.807) is 17.9 Å². The highest BCUT2D eigenvalue weighted by atomic mass is 15.4. The number of hydrogen-bond donors (Lipinski definition) is 2. The molecule has 0 aliphatic rings. The minimum Gasteiger partial charge on any atom is -0.383 e. The molecule has 102 valence electrons. The molecule has 0 atom stereocenters. The van der Waals surface area contributed by atoms with E-state index in [9.17, 15) is 0 Å². The quantitative estimate of drug-likeness (QED) is 0.748. The lowest BCUT2D eigenvalue weighted by Gasteiger charge is -2.05. The first-order chi connectivity index (χ1) is 9.72. The largest absolute Gasteiger partial charge is 0.383 e. The molecular weight excluding hydrogens is 254 g/mol. The van der Waals surface area contributed by atoms with Gasteiger partial charge < -0.3 is 11.1 Å². The van der Waals surface area contributed by atoms with Crippen LogP contribution in [0.5, 0.6) is 0 Å². The Morgan fingerprint density at radius 1 is 1.15 bits per heavy atom. The molecule has 0 saturated heterocycles. The highest BCUT2D eigenvalue weighted by molar-refractivity contribution is 5.70. The lowest BCUT2D eigenvalue weighted by molar-refractivity contribution is 0.891. The van der Waals surface area contributed by atoms with Crippen LogP contribution in [0, 0.1) is 0 Å². The number of para-hydroxylation sites is 1. The van der Waals surface area contributed by atoms with Gasteiger partial charge in [0.05, 0.1) is 17.4 Å². The number of rotatable bonds is 3. The van der Waals surface area contributed by atoms with Crippen LogP contribution in [0.2, 0.25) is 0 Å². The first-order valence-electron chi connectivity index (χ1n) is 6.19. The van der Waals surface area contributed by atoms with Gasteiger partial charge in [-0.05, 0) is 12.1 Å². The van der Waals surface area contributed by atoms with Crippen molar-refractivity contribution in [3.63, 3.8) is 0 Å². The van der Waals surface area contributed by atoms with Crippen LogP contribution in [0.15, 0.2) is 36.5 Å². The summed E-state index contributed by atoms with van der Waals surface area (Å²) in [6.45, 7) is 0. The standard InChI is InChI=1S/C13H15N7/c1-15-13-18-17-12(19(13)2)10-8-16-20(11(10)14)9-6-4-3-5-7-9/h3-8H,14H2,1-2H3,(H,15,18). The molecule has 0 bridgehead atoms. The molecule has 3 N–H and O–H groups in total. The van der Waals surface area contributed by atoms with Crippen LogP contribution < -0.4 is 11.1 Å². The summed E-state index contributed by atoms with van der Waals surface area (Å²) in [5.41, 5.74) is 7.85. The highest BCUT2D eigenvalue weighted by Crippen LogP contribution is 2.26. The van der Waals surface area contributed by atoms with E-state index in [1.807, 2.05) is 41.9 Å². The average Bonchev–Trinajstić information content (AvgIpc) is 3.03. The van der Waals surface area contributed by atoms with E-state index in [0.717, 1.165) is 11.3 Å². The summed E-state index contributed by atoms with van der Waals surface area (Å²) < 4.78 is 3.52. The Bertz CT molecular complexity index is 727. The zero-order chi connectivity index (χ0) is 14.1. The Morgan fingerprint density at radius 3 is 2.55 bits per heavy atom. The van der Waals surface area contributed by atoms with E-state index in [0.29, 0.717) is 17.6 Å². The lowest BCUT2D eigenvalue weighted by atomic mass is 10.3. The Balaban J connectivity index is 2.09. The van der Waals surface area contributed by atoms with E-state index in [-0.39, 0.29) is 0 Å². The molecule has 7 heteroatoms. The van der Waals surface area contributed by atoms with Crippen LogP contribution in [0.25, 0.3) is 17.1 Å². The molecule has 0 amide bonds. The first kappa shape index (κ1) is 12.2. The van der Waals surface area contributed by atoms with Gasteiger partial charge in [-0.25, -0.2) is 4.68 Å². The molecule has 1 aromatic carbocycles. The molecule has 0 unspecified atom stereocenters. The fraction of sp³-hybridized carbons (Fsp3) is 0.154. The van der Waals surface area contributed by atoms with Crippen molar-refractivity contribution in [1.29, 1.82) is 0 Å². The zero-order valence-corrected chi connectivity index (χ0v) is 11.3. The average molecular weight is 269 g/mol. The fourth-order valence-corrected chi connectivity index (χ4v) is 2.09. The number of aromatic nitrogens is 5. The number of nitrogens with zero attached hydrogens (tertiary/aromatic N) is 5. The topological polar surface area (TPSA) is 86.6 Å². The predicted molar refractivity (Wildman–Crippen MR) is 77.5 cm³/mol. The molecule has 0 radical (unpaired) electrons. The predicted octanol–water partition coefficient (Wildman–Crippen LogP) is 1.29. The second kappa shape index (κ2) is 4.69. The second-order valence-corrected chi connectivity index (χ2v) is 4.35. The molecule has 3 aromatic rings. The maximum atomic E-state index is 6.19. The minimum absolute atomic E-state index is 0.536. The molecule has 0 spiro atoms. The SMILES string of the molecule is CNc1nnc(-c2cnn(-c3ccccc3)c2N)n1C. The molecule has 3 rings (SSSR count). The van der Waals surface area contributed by atoms with Crippen molar-refractivity contribution < 1.29 is 0 Å². The van der Waals surface area contributed by atoms with E-state index in [2.05, 4.69) is 20.6 Å². The normalized spacial score (nSPS) is 10.7. The van der Waals surface area contributed by atoms with E-state index >= 15 is 0 Å². The number of anilines is 2. The summed E-state index contributed by atoms with van der Waals surface area (Å²) in [6.07, 6.45) is 1.70. The molecule has 0 aliphatic heterocycles. The maximum Gasteiger partial charge on any atom is 0.224 e. The molecule has 0 fully saturated rings. The van der Waals surface area contributed by atoms with Crippen molar-refractivity contribution in [2.75, 3.05) is 18.1 Å². The first-order valence-corrected chi connectivity index (χ1v) is 6.19. The monoisotopic (exact) mass is 269 g/mol. The summed E-state index contributed by atoms with van der Waals surface area (Å²) in [7, 11) is 3.67.